The van der Waals surface area contributed by atoms with Gasteiger partial charge in [-0.1, -0.05) is 29.8 Å². The van der Waals surface area contributed by atoms with Crippen molar-refractivity contribution in [2.24, 2.45) is 0 Å². The zero-order valence-electron chi connectivity index (χ0n) is 17.0. The third-order valence-electron chi connectivity index (χ3n) is 4.87. The van der Waals surface area contributed by atoms with E-state index in [1.807, 2.05) is 54.3 Å². The van der Waals surface area contributed by atoms with Crippen molar-refractivity contribution >= 4 is 17.5 Å². The Morgan fingerprint density at radius 2 is 2.00 bits per heavy atom. The summed E-state index contributed by atoms with van der Waals surface area (Å²) >= 11 is 6.04. The second kappa shape index (κ2) is 11.1. The van der Waals surface area contributed by atoms with Crippen molar-refractivity contribution in [1.82, 2.24) is 10.2 Å². The molecule has 1 heterocycles. The summed E-state index contributed by atoms with van der Waals surface area (Å²) in [6, 6.07) is 13.7. The summed E-state index contributed by atoms with van der Waals surface area (Å²) < 4.78 is 11.7. The summed E-state index contributed by atoms with van der Waals surface area (Å²) in [4.78, 5) is 13.6. The van der Waals surface area contributed by atoms with Gasteiger partial charge in [-0.05, 0) is 61.7 Å². The normalized spacial score (nSPS) is 13.7. The fourth-order valence-corrected chi connectivity index (χ4v) is 3.62. The Morgan fingerprint density at radius 1 is 1.10 bits per heavy atom. The standard InChI is InChI=1S/C23H29ClN2O3/c1-2-28-22-15-18(16-25-11-5-13-26-12-4-8-23(26)27)9-10-21(22)29-17-19-6-3-7-20(24)14-19/h3,6-7,9-10,14-15,25H,2,4-5,8,11-13,16-17H2,1H3. The number of rotatable bonds is 11. The summed E-state index contributed by atoms with van der Waals surface area (Å²) in [5, 5.41) is 4.14. The van der Waals surface area contributed by atoms with Gasteiger partial charge in [0.15, 0.2) is 11.5 Å². The number of carbonyl (C=O) groups is 1. The molecule has 0 unspecified atom stereocenters. The van der Waals surface area contributed by atoms with E-state index >= 15 is 0 Å². The minimum absolute atomic E-state index is 0.291. The van der Waals surface area contributed by atoms with Crippen LogP contribution < -0.4 is 14.8 Å². The Morgan fingerprint density at radius 3 is 2.76 bits per heavy atom. The van der Waals surface area contributed by atoms with Crippen molar-refractivity contribution in [2.45, 2.75) is 39.3 Å². The maximum Gasteiger partial charge on any atom is 0.222 e. The lowest BCUT2D eigenvalue weighted by Crippen LogP contribution is -2.28. The van der Waals surface area contributed by atoms with E-state index in [0.717, 1.165) is 61.6 Å². The summed E-state index contributed by atoms with van der Waals surface area (Å²) in [6.45, 7) is 6.36. The quantitative estimate of drug-likeness (QED) is 0.551. The third kappa shape index (κ3) is 6.65. The topological polar surface area (TPSA) is 50.8 Å². The van der Waals surface area contributed by atoms with Gasteiger partial charge in [-0.15, -0.1) is 0 Å². The lowest BCUT2D eigenvalue weighted by atomic mass is 10.2. The maximum absolute atomic E-state index is 11.6. The van der Waals surface area contributed by atoms with E-state index in [1.54, 1.807) is 0 Å². The average Bonchev–Trinajstić information content (AvgIpc) is 3.12. The van der Waals surface area contributed by atoms with Gasteiger partial charge >= 0.3 is 0 Å². The van der Waals surface area contributed by atoms with Crippen molar-refractivity contribution in [3.05, 3.63) is 58.6 Å². The van der Waals surface area contributed by atoms with Crippen LogP contribution >= 0.6 is 11.6 Å². The van der Waals surface area contributed by atoms with Gasteiger partial charge in [0, 0.05) is 31.1 Å². The number of hydrogen-bond donors (Lipinski definition) is 1. The Labute approximate surface area is 177 Å². The number of likely N-dealkylation sites (tertiary alicyclic amines) is 1. The summed E-state index contributed by atoms with van der Waals surface area (Å²) in [5.41, 5.74) is 2.16. The van der Waals surface area contributed by atoms with Gasteiger partial charge in [0.1, 0.15) is 6.61 Å². The molecule has 0 aliphatic carbocycles. The molecule has 1 saturated heterocycles. The van der Waals surface area contributed by atoms with Crippen molar-refractivity contribution in [2.75, 3.05) is 26.2 Å². The van der Waals surface area contributed by atoms with Crippen LogP contribution in [0, 0.1) is 0 Å². The van der Waals surface area contributed by atoms with Gasteiger partial charge < -0.3 is 19.7 Å². The van der Waals surface area contributed by atoms with Crippen LogP contribution in [0.5, 0.6) is 11.5 Å². The number of benzene rings is 2. The molecule has 0 radical (unpaired) electrons. The number of nitrogens with zero attached hydrogens (tertiary/aromatic N) is 1. The number of ether oxygens (including phenoxy) is 2. The Balaban J connectivity index is 1.48. The lowest BCUT2D eigenvalue weighted by molar-refractivity contribution is -0.127. The van der Waals surface area contributed by atoms with E-state index in [9.17, 15) is 4.79 Å². The maximum atomic E-state index is 11.6. The molecular weight excluding hydrogens is 388 g/mol. The first-order valence-corrected chi connectivity index (χ1v) is 10.6. The molecule has 3 rings (SSSR count). The van der Waals surface area contributed by atoms with Crippen molar-refractivity contribution < 1.29 is 14.3 Å². The molecule has 6 heteroatoms. The van der Waals surface area contributed by atoms with Crippen molar-refractivity contribution in [1.29, 1.82) is 0 Å². The molecule has 1 amide bonds. The van der Waals surface area contributed by atoms with Gasteiger partial charge in [-0.3, -0.25) is 4.79 Å². The first-order chi connectivity index (χ1) is 14.2. The van der Waals surface area contributed by atoms with Crippen LogP contribution in [0.1, 0.15) is 37.3 Å². The van der Waals surface area contributed by atoms with Gasteiger partial charge in [0.2, 0.25) is 5.91 Å². The zero-order valence-corrected chi connectivity index (χ0v) is 17.7. The van der Waals surface area contributed by atoms with Crippen molar-refractivity contribution in [3.8, 4) is 11.5 Å². The average molecular weight is 417 g/mol. The highest BCUT2D eigenvalue weighted by atomic mass is 35.5. The molecule has 2 aromatic rings. The van der Waals surface area contributed by atoms with Crippen LogP contribution in [-0.4, -0.2) is 37.0 Å². The molecule has 0 atom stereocenters. The molecule has 29 heavy (non-hydrogen) atoms. The van der Waals surface area contributed by atoms with Gasteiger partial charge in [0.25, 0.3) is 0 Å². The first kappa shape index (κ1) is 21.5. The number of amides is 1. The smallest absolute Gasteiger partial charge is 0.222 e. The van der Waals surface area contributed by atoms with Crippen LogP contribution in [0.3, 0.4) is 0 Å². The minimum atomic E-state index is 0.291. The summed E-state index contributed by atoms with van der Waals surface area (Å²) in [6.07, 6.45) is 2.67. The van der Waals surface area contributed by atoms with Gasteiger partial charge in [0.05, 0.1) is 6.61 Å². The number of halogens is 1. The van der Waals surface area contributed by atoms with Gasteiger partial charge in [-0.25, -0.2) is 0 Å². The van der Waals surface area contributed by atoms with E-state index in [4.69, 9.17) is 21.1 Å². The predicted molar refractivity (Wildman–Crippen MR) is 116 cm³/mol. The molecule has 0 saturated carbocycles. The first-order valence-electron chi connectivity index (χ1n) is 10.3. The minimum Gasteiger partial charge on any atom is -0.490 e. The Kier molecular flexibility index (Phi) is 8.20. The summed E-state index contributed by atoms with van der Waals surface area (Å²) in [7, 11) is 0. The van der Waals surface area contributed by atoms with E-state index < -0.39 is 0 Å². The SMILES string of the molecule is CCOc1cc(CNCCCN2CCCC2=O)ccc1OCc1cccc(Cl)c1. The predicted octanol–water partition coefficient (Wildman–Crippen LogP) is 4.42. The molecule has 1 fully saturated rings. The van der Waals surface area contributed by atoms with Crippen LogP contribution in [0.2, 0.25) is 5.02 Å². The molecule has 2 aromatic carbocycles. The van der Waals surface area contributed by atoms with E-state index in [-0.39, 0.29) is 0 Å². The van der Waals surface area contributed by atoms with E-state index in [1.165, 1.54) is 0 Å². The molecule has 156 valence electrons. The number of carbonyl (C=O) groups excluding carboxylic acids is 1. The highest BCUT2D eigenvalue weighted by molar-refractivity contribution is 6.30. The number of nitrogens with one attached hydrogen (secondary N) is 1. The molecule has 0 aromatic heterocycles. The molecule has 1 aliphatic heterocycles. The Bertz CT molecular complexity index is 812. The zero-order chi connectivity index (χ0) is 20.5. The van der Waals surface area contributed by atoms with E-state index in [0.29, 0.717) is 30.6 Å². The van der Waals surface area contributed by atoms with E-state index in [2.05, 4.69) is 5.32 Å². The fraction of sp³-hybridized carbons (Fsp3) is 0.435. The highest BCUT2D eigenvalue weighted by Crippen LogP contribution is 2.29. The summed E-state index contributed by atoms with van der Waals surface area (Å²) in [5.74, 6) is 1.76. The van der Waals surface area contributed by atoms with Crippen LogP contribution in [-0.2, 0) is 17.9 Å². The monoisotopic (exact) mass is 416 g/mol. The largest absolute Gasteiger partial charge is 0.490 e. The second-order valence-corrected chi connectivity index (χ2v) is 7.58. The highest BCUT2D eigenvalue weighted by Gasteiger charge is 2.18. The third-order valence-corrected chi connectivity index (χ3v) is 5.11. The van der Waals surface area contributed by atoms with Crippen LogP contribution in [0.15, 0.2) is 42.5 Å². The molecule has 0 spiro atoms. The molecule has 1 N–H and O–H groups in total. The van der Waals surface area contributed by atoms with Crippen LogP contribution in [0.25, 0.3) is 0 Å². The van der Waals surface area contributed by atoms with Gasteiger partial charge in [-0.2, -0.15) is 0 Å². The molecule has 5 nitrogen and oxygen atoms in total. The fourth-order valence-electron chi connectivity index (χ4n) is 3.41. The Hall–Kier alpha value is -2.24. The lowest BCUT2D eigenvalue weighted by Gasteiger charge is -2.16. The second-order valence-electron chi connectivity index (χ2n) is 7.15. The molecule has 0 bridgehead atoms. The van der Waals surface area contributed by atoms with Crippen molar-refractivity contribution in [3.63, 3.8) is 0 Å². The van der Waals surface area contributed by atoms with Crippen LogP contribution in [0.4, 0.5) is 0 Å². The molecular formula is C23H29ClN2O3. The molecule has 1 aliphatic rings. The number of hydrogen-bond acceptors (Lipinski definition) is 4.